The molecule has 0 radical (unpaired) electrons. The highest BCUT2D eigenvalue weighted by Gasteiger charge is 2.47. The maximum Gasteiger partial charge on any atom is 0.303 e. The maximum atomic E-state index is 11.7. The van der Waals surface area contributed by atoms with Gasteiger partial charge in [-0.25, -0.2) is 5.26 Å². The van der Waals surface area contributed by atoms with Crippen LogP contribution in [0.2, 0.25) is 0 Å². The number of allylic oxidation sites excluding steroid dienone is 6. The van der Waals surface area contributed by atoms with Gasteiger partial charge in [-0.05, 0) is 77.5 Å². The molecule has 1 aromatic rings. The van der Waals surface area contributed by atoms with Crippen molar-refractivity contribution >= 4 is 61.3 Å². The summed E-state index contributed by atoms with van der Waals surface area (Å²) >= 11 is 0.777. The number of hydrogen-bond donors (Lipinski definition) is 5. The summed E-state index contributed by atoms with van der Waals surface area (Å²) in [5, 5.41) is 37.2. The number of carboxylic acid groups (broad SMARTS) is 2. The molecule has 0 amide bonds. The van der Waals surface area contributed by atoms with Gasteiger partial charge in [0.1, 0.15) is 6.54 Å². The minimum Gasteiger partial charge on any atom is -0.481 e. The fourth-order valence-corrected chi connectivity index (χ4v) is 8.05. The number of hydrazone groups is 1. The van der Waals surface area contributed by atoms with Crippen LogP contribution in [0, 0.1) is 5.41 Å². The first-order valence-electron chi connectivity index (χ1n) is 17.0. The molecule has 0 aliphatic carbocycles. The van der Waals surface area contributed by atoms with Gasteiger partial charge in [-0.3, -0.25) is 23.7 Å². The van der Waals surface area contributed by atoms with Crippen LogP contribution in [0.4, 0.5) is 5.69 Å². The zero-order valence-corrected chi connectivity index (χ0v) is 32.3. The molecule has 0 saturated heterocycles. The van der Waals surface area contributed by atoms with Crippen LogP contribution >= 0.6 is 12.0 Å². The van der Waals surface area contributed by atoms with Crippen molar-refractivity contribution in [3.8, 4) is 0 Å². The van der Waals surface area contributed by atoms with Gasteiger partial charge in [-0.2, -0.15) is 26.5 Å². The number of hydrogen-bond acceptors (Lipinski definition) is 12. The lowest BCUT2D eigenvalue weighted by Crippen LogP contribution is -2.32. The average Bonchev–Trinajstić information content (AvgIpc) is 3.42. The first-order chi connectivity index (χ1) is 24.8. The van der Waals surface area contributed by atoms with Crippen molar-refractivity contribution in [2.75, 3.05) is 24.6 Å². The Labute approximate surface area is 314 Å². The van der Waals surface area contributed by atoms with Crippen molar-refractivity contribution in [1.82, 2.24) is 5.01 Å². The molecular formula is C34H48N3O13S3+. The minimum atomic E-state index is -4.23. The summed E-state index contributed by atoms with van der Waals surface area (Å²) in [6.45, 7) is 6.30. The van der Waals surface area contributed by atoms with Crippen LogP contribution in [-0.2, 0) is 44.6 Å². The summed E-state index contributed by atoms with van der Waals surface area (Å²) in [7, 11) is -8.42. The molecule has 2 aliphatic rings. The van der Waals surface area contributed by atoms with Crippen LogP contribution < -0.4 is 0 Å². The number of aliphatic carboxylic acids is 2. The zero-order chi connectivity index (χ0) is 39.5. The van der Waals surface area contributed by atoms with Crippen molar-refractivity contribution in [2.45, 2.75) is 88.9 Å². The lowest BCUT2D eigenvalue weighted by molar-refractivity contribution is -0.438. The molecule has 0 aromatic heterocycles. The summed E-state index contributed by atoms with van der Waals surface area (Å²) in [5.74, 6) is -2.75. The molecule has 2 heterocycles. The lowest BCUT2D eigenvalue weighted by Gasteiger charge is -2.28. The molecule has 1 aromatic carbocycles. The standard InChI is InChI=1S/C34H47N3O13S3/c1-25-33(2,19-17-32(40)41)30(37(35-25)21-11-23-53(46,47)48)13-7-4-6-12-29-34(3,18-10-22-52(43,44)45)27-24-26(51-50-49-42)15-16-28(27)36(29)20-9-5-8-14-31(38)39/h4,6-7,12-13,15-16,24H,5,8-11,14,17-23H2,1-3H3,(H4-,38,39,40,41,42,43,44,45,46,47,48)/p+1. The van der Waals surface area contributed by atoms with E-state index in [1.807, 2.05) is 32.1 Å². The highest BCUT2D eigenvalue weighted by atomic mass is 32.2. The highest BCUT2D eigenvalue weighted by molar-refractivity contribution is 7.94. The largest absolute Gasteiger partial charge is 0.481 e. The Bertz CT molecular complexity index is 1870. The monoisotopic (exact) mass is 802 g/mol. The zero-order valence-electron chi connectivity index (χ0n) is 29.9. The Kier molecular flexibility index (Phi) is 16.0. The van der Waals surface area contributed by atoms with Crippen molar-refractivity contribution < 1.29 is 64.9 Å². The third-order valence-corrected chi connectivity index (χ3v) is 11.7. The molecule has 2 atom stereocenters. The third-order valence-electron chi connectivity index (χ3n) is 9.48. The summed E-state index contributed by atoms with van der Waals surface area (Å²) in [4.78, 5) is 23.1. The van der Waals surface area contributed by atoms with E-state index >= 15 is 0 Å². The normalized spacial score (nSPS) is 21.4. The van der Waals surface area contributed by atoms with Crippen LogP contribution in [0.25, 0.3) is 0 Å². The Morgan fingerprint density at radius 2 is 1.58 bits per heavy atom. The molecule has 0 fully saturated rings. The fraction of sp³-hybridized carbons (Fsp3) is 0.529. The minimum absolute atomic E-state index is 0.0477. The predicted molar refractivity (Wildman–Crippen MR) is 198 cm³/mol. The Morgan fingerprint density at radius 1 is 0.906 bits per heavy atom. The molecule has 53 heavy (non-hydrogen) atoms. The number of unbranched alkanes of at least 4 members (excludes halogenated alkanes) is 2. The van der Waals surface area contributed by atoms with Gasteiger partial charge >= 0.3 is 11.9 Å². The molecule has 294 valence electrons. The second kappa shape index (κ2) is 19.2. The number of rotatable bonds is 23. The van der Waals surface area contributed by atoms with Crippen molar-refractivity contribution in [3.63, 3.8) is 0 Å². The summed E-state index contributed by atoms with van der Waals surface area (Å²) < 4.78 is 71.5. The van der Waals surface area contributed by atoms with E-state index in [1.54, 1.807) is 42.3 Å². The molecule has 5 N–H and O–H groups in total. The number of benzene rings is 1. The molecular weight excluding hydrogens is 755 g/mol. The first-order valence-corrected chi connectivity index (χ1v) is 20.9. The first kappa shape index (κ1) is 44.0. The topological polar surface area (TPSA) is 241 Å². The van der Waals surface area contributed by atoms with E-state index in [1.165, 1.54) is 0 Å². The van der Waals surface area contributed by atoms with Crippen LogP contribution in [0.3, 0.4) is 0 Å². The average molecular weight is 803 g/mol. The van der Waals surface area contributed by atoms with E-state index in [-0.39, 0.29) is 38.6 Å². The Hall–Kier alpha value is -3.43. The van der Waals surface area contributed by atoms with E-state index in [0.717, 1.165) is 29.0 Å². The van der Waals surface area contributed by atoms with Crippen LogP contribution in [-0.4, -0.2) is 99.0 Å². The quantitative estimate of drug-likeness (QED) is 0.0172. The van der Waals surface area contributed by atoms with Gasteiger partial charge in [-0.15, -0.1) is 4.33 Å². The van der Waals surface area contributed by atoms with Gasteiger partial charge in [0.05, 0.1) is 29.0 Å². The molecule has 0 saturated carbocycles. The molecule has 16 nitrogen and oxygen atoms in total. The number of fused-ring (bicyclic) bond motifs is 1. The van der Waals surface area contributed by atoms with Crippen LogP contribution in [0.1, 0.15) is 84.1 Å². The molecule has 19 heteroatoms. The maximum absolute atomic E-state index is 11.7. The fourth-order valence-electron chi connectivity index (χ4n) is 6.65. The van der Waals surface area contributed by atoms with E-state index in [2.05, 4.69) is 19.0 Å². The van der Waals surface area contributed by atoms with E-state index in [0.29, 0.717) is 48.5 Å². The molecule has 0 bridgehead atoms. The van der Waals surface area contributed by atoms with Gasteiger partial charge in [0.2, 0.25) is 5.69 Å². The van der Waals surface area contributed by atoms with Gasteiger partial charge in [0.15, 0.2) is 5.71 Å². The molecule has 2 unspecified atom stereocenters. The third kappa shape index (κ3) is 12.8. The summed E-state index contributed by atoms with van der Waals surface area (Å²) in [6.07, 6.45) is 11.5. The predicted octanol–water partition coefficient (Wildman–Crippen LogP) is 5.62. The summed E-state index contributed by atoms with van der Waals surface area (Å²) in [5.41, 5.74) is 2.29. The summed E-state index contributed by atoms with van der Waals surface area (Å²) in [6, 6.07) is 5.49. The van der Waals surface area contributed by atoms with Crippen molar-refractivity contribution in [3.05, 3.63) is 59.8 Å². The van der Waals surface area contributed by atoms with Crippen LogP contribution in [0.5, 0.6) is 0 Å². The molecule has 2 aliphatic heterocycles. The van der Waals surface area contributed by atoms with E-state index in [4.69, 9.17) is 10.4 Å². The Balaban J connectivity index is 2.03. The SMILES string of the molecule is CC1=NN(CCCS(=O)(=O)O)\C(=C/C=C/C=C/C2=[N+](CCCCCC(=O)O)c3ccc(SOOO)cc3C2(C)CCCS(=O)(=O)O)C1(C)CCC(=O)O. The smallest absolute Gasteiger partial charge is 0.303 e. The van der Waals surface area contributed by atoms with E-state index < -0.39 is 54.5 Å². The van der Waals surface area contributed by atoms with E-state index in [9.17, 15) is 40.6 Å². The number of nitrogens with zero attached hydrogens (tertiary/aromatic N) is 3. The Morgan fingerprint density at radius 3 is 2.23 bits per heavy atom. The van der Waals surface area contributed by atoms with Gasteiger partial charge in [0.25, 0.3) is 20.2 Å². The molecule has 0 spiro atoms. The molecule has 3 rings (SSSR count). The van der Waals surface area contributed by atoms with Crippen molar-refractivity contribution in [2.24, 2.45) is 10.5 Å². The van der Waals surface area contributed by atoms with Crippen molar-refractivity contribution in [1.29, 1.82) is 0 Å². The van der Waals surface area contributed by atoms with Gasteiger partial charge in [-0.1, -0.05) is 23.3 Å². The lowest BCUT2D eigenvalue weighted by atomic mass is 9.76. The van der Waals surface area contributed by atoms with Gasteiger partial charge in [0, 0.05) is 65.2 Å². The van der Waals surface area contributed by atoms with Gasteiger partial charge < -0.3 is 10.2 Å². The number of carbonyl (C=O) groups is 2. The second-order valence-corrected chi connectivity index (χ2v) is 17.3. The second-order valence-electron chi connectivity index (χ2n) is 13.3. The highest BCUT2D eigenvalue weighted by Crippen LogP contribution is 2.45. The number of carboxylic acids is 2. The van der Waals surface area contributed by atoms with Crippen LogP contribution in [0.15, 0.2) is 64.3 Å².